The minimum atomic E-state index is -4.67. The maximum Gasteiger partial charge on any atom is 0.573 e. The van der Waals surface area contributed by atoms with Gasteiger partial charge in [0.25, 0.3) is 0 Å². The molecule has 3 nitrogen and oxygen atoms in total. The van der Waals surface area contributed by atoms with Crippen molar-refractivity contribution in [2.24, 2.45) is 0 Å². The predicted molar refractivity (Wildman–Crippen MR) is 61.4 cm³/mol. The molecule has 1 N–H and O–H groups in total. The third-order valence-electron chi connectivity index (χ3n) is 2.20. The zero-order valence-corrected chi connectivity index (χ0v) is 10.2. The average molecular weight is 263 g/mol. The highest BCUT2D eigenvalue weighted by Gasteiger charge is 2.30. The summed E-state index contributed by atoms with van der Waals surface area (Å²) < 4.78 is 39.5. The summed E-state index contributed by atoms with van der Waals surface area (Å²) in [5.74, 6) is -0.256. The second-order valence-electron chi connectivity index (χ2n) is 4.31. The van der Waals surface area contributed by atoms with E-state index in [1.54, 1.807) is 0 Å². The second-order valence-corrected chi connectivity index (χ2v) is 4.31. The van der Waals surface area contributed by atoms with Crippen molar-refractivity contribution in [1.29, 1.82) is 0 Å². The molecule has 0 heterocycles. The van der Waals surface area contributed by atoms with Crippen LogP contribution in [0.4, 0.5) is 13.2 Å². The molecule has 0 radical (unpaired) electrons. The van der Waals surface area contributed by atoms with Gasteiger partial charge in [-0.25, -0.2) is 0 Å². The molecular formula is C12H16F3NO2. The first-order valence-corrected chi connectivity index (χ1v) is 5.44. The van der Waals surface area contributed by atoms with Crippen molar-refractivity contribution in [3.63, 3.8) is 0 Å². The summed E-state index contributed by atoms with van der Waals surface area (Å²) in [4.78, 5) is 1.84. The standard InChI is InChI=1S/C12H16F3NO2/c1-16(2)8-10(17)7-9-3-5-11(6-4-9)18-12(13,14)15/h3-6,10,17H,7-8H2,1-2H3. The molecule has 0 saturated heterocycles. The van der Waals surface area contributed by atoms with E-state index in [0.29, 0.717) is 13.0 Å². The van der Waals surface area contributed by atoms with E-state index < -0.39 is 12.5 Å². The van der Waals surface area contributed by atoms with Crippen LogP contribution in [-0.4, -0.2) is 43.1 Å². The van der Waals surface area contributed by atoms with E-state index in [2.05, 4.69) is 4.74 Å². The number of likely N-dealkylation sites (N-methyl/N-ethyl adjacent to an activating group) is 1. The fraction of sp³-hybridized carbons (Fsp3) is 0.500. The van der Waals surface area contributed by atoms with E-state index in [1.807, 2.05) is 19.0 Å². The topological polar surface area (TPSA) is 32.7 Å². The maximum atomic E-state index is 11.9. The van der Waals surface area contributed by atoms with Gasteiger partial charge in [0.15, 0.2) is 0 Å². The summed E-state index contributed by atoms with van der Waals surface area (Å²) in [6, 6.07) is 5.51. The first-order chi connectivity index (χ1) is 8.26. The molecule has 102 valence electrons. The minimum absolute atomic E-state index is 0.256. The van der Waals surface area contributed by atoms with Gasteiger partial charge >= 0.3 is 6.36 Å². The van der Waals surface area contributed by atoms with Gasteiger partial charge < -0.3 is 14.7 Å². The molecule has 18 heavy (non-hydrogen) atoms. The zero-order valence-electron chi connectivity index (χ0n) is 10.2. The van der Waals surface area contributed by atoms with Crippen molar-refractivity contribution < 1.29 is 23.0 Å². The number of nitrogens with zero attached hydrogens (tertiary/aromatic N) is 1. The Morgan fingerprint density at radius 2 is 1.78 bits per heavy atom. The van der Waals surface area contributed by atoms with E-state index in [-0.39, 0.29) is 5.75 Å². The minimum Gasteiger partial charge on any atom is -0.406 e. The van der Waals surface area contributed by atoms with Crippen LogP contribution in [0.3, 0.4) is 0 Å². The molecule has 0 fully saturated rings. The van der Waals surface area contributed by atoms with Crippen molar-refractivity contribution in [3.05, 3.63) is 29.8 Å². The Kier molecular flexibility index (Phi) is 4.98. The SMILES string of the molecule is CN(C)CC(O)Cc1ccc(OC(F)(F)F)cc1. The normalized spacial score (nSPS) is 13.7. The van der Waals surface area contributed by atoms with Crippen molar-refractivity contribution in [2.75, 3.05) is 20.6 Å². The molecule has 0 spiro atoms. The summed E-state index contributed by atoms with van der Waals surface area (Å²) in [7, 11) is 3.67. The smallest absolute Gasteiger partial charge is 0.406 e. The van der Waals surface area contributed by atoms with Crippen LogP contribution < -0.4 is 4.74 Å². The molecule has 0 amide bonds. The third-order valence-corrected chi connectivity index (χ3v) is 2.20. The molecule has 1 unspecified atom stereocenters. The molecule has 6 heteroatoms. The molecule has 0 bridgehead atoms. The van der Waals surface area contributed by atoms with Gasteiger partial charge in [-0.2, -0.15) is 0 Å². The largest absolute Gasteiger partial charge is 0.573 e. The molecule has 1 aromatic carbocycles. The summed E-state index contributed by atoms with van der Waals surface area (Å²) >= 11 is 0. The van der Waals surface area contributed by atoms with Gasteiger partial charge in [-0.1, -0.05) is 12.1 Å². The van der Waals surface area contributed by atoms with E-state index in [0.717, 1.165) is 5.56 Å². The molecule has 0 aromatic heterocycles. The van der Waals surface area contributed by atoms with Crippen LogP contribution in [0, 0.1) is 0 Å². The summed E-state index contributed by atoms with van der Waals surface area (Å²) in [6.07, 6.45) is -4.83. The molecule has 0 aliphatic carbocycles. The lowest BCUT2D eigenvalue weighted by Gasteiger charge is -2.16. The number of aliphatic hydroxyl groups is 1. The van der Waals surface area contributed by atoms with Crippen LogP contribution in [0.15, 0.2) is 24.3 Å². The van der Waals surface area contributed by atoms with Crippen molar-refractivity contribution >= 4 is 0 Å². The van der Waals surface area contributed by atoms with Gasteiger partial charge in [-0.15, -0.1) is 13.2 Å². The van der Waals surface area contributed by atoms with Crippen LogP contribution >= 0.6 is 0 Å². The number of benzene rings is 1. The second kappa shape index (κ2) is 6.06. The highest BCUT2D eigenvalue weighted by atomic mass is 19.4. The summed E-state index contributed by atoms with van der Waals surface area (Å²) in [5, 5.41) is 9.68. The fourth-order valence-electron chi connectivity index (χ4n) is 1.59. The van der Waals surface area contributed by atoms with Gasteiger partial charge in [0.1, 0.15) is 5.75 Å². The monoisotopic (exact) mass is 263 g/mol. The van der Waals surface area contributed by atoms with Crippen molar-refractivity contribution in [1.82, 2.24) is 4.90 Å². The molecular weight excluding hydrogens is 247 g/mol. The lowest BCUT2D eigenvalue weighted by molar-refractivity contribution is -0.274. The van der Waals surface area contributed by atoms with Crippen LogP contribution in [0.5, 0.6) is 5.75 Å². The van der Waals surface area contributed by atoms with E-state index in [1.165, 1.54) is 24.3 Å². The first kappa shape index (κ1) is 14.8. The Bertz CT molecular complexity index is 363. The molecule has 0 aliphatic rings. The Morgan fingerprint density at radius 3 is 2.22 bits per heavy atom. The molecule has 1 aromatic rings. The molecule has 0 aliphatic heterocycles. The number of aliphatic hydroxyl groups excluding tert-OH is 1. The Morgan fingerprint density at radius 1 is 1.22 bits per heavy atom. The summed E-state index contributed by atoms with van der Waals surface area (Å²) in [5.41, 5.74) is 0.763. The number of ether oxygens (including phenoxy) is 1. The lowest BCUT2D eigenvalue weighted by Crippen LogP contribution is -2.27. The molecule has 1 atom stereocenters. The third kappa shape index (κ3) is 5.88. The molecule has 0 saturated carbocycles. The fourth-order valence-corrected chi connectivity index (χ4v) is 1.59. The van der Waals surface area contributed by atoms with Gasteiger partial charge in [-0.05, 0) is 38.2 Å². The zero-order chi connectivity index (χ0) is 13.8. The Hall–Kier alpha value is -1.27. The van der Waals surface area contributed by atoms with Crippen molar-refractivity contribution in [3.8, 4) is 5.75 Å². The number of halogens is 3. The van der Waals surface area contributed by atoms with E-state index in [9.17, 15) is 18.3 Å². The number of hydrogen-bond acceptors (Lipinski definition) is 3. The number of hydrogen-bond donors (Lipinski definition) is 1. The highest BCUT2D eigenvalue weighted by Crippen LogP contribution is 2.22. The van der Waals surface area contributed by atoms with Gasteiger partial charge in [0, 0.05) is 6.54 Å². The van der Waals surface area contributed by atoms with E-state index >= 15 is 0 Å². The first-order valence-electron chi connectivity index (χ1n) is 5.44. The summed E-state index contributed by atoms with van der Waals surface area (Å²) in [6.45, 7) is 0.501. The Labute approximate surface area is 104 Å². The quantitative estimate of drug-likeness (QED) is 0.882. The maximum absolute atomic E-state index is 11.9. The highest BCUT2D eigenvalue weighted by molar-refractivity contribution is 5.27. The molecule has 1 rings (SSSR count). The van der Waals surface area contributed by atoms with E-state index in [4.69, 9.17) is 0 Å². The van der Waals surface area contributed by atoms with Crippen LogP contribution in [0.1, 0.15) is 5.56 Å². The lowest BCUT2D eigenvalue weighted by atomic mass is 10.1. The van der Waals surface area contributed by atoms with Gasteiger partial charge in [0.2, 0.25) is 0 Å². The van der Waals surface area contributed by atoms with Crippen LogP contribution in [0.25, 0.3) is 0 Å². The van der Waals surface area contributed by atoms with Gasteiger partial charge in [-0.3, -0.25) is 0 Å². The predicted octanol–water partition coefficient (Wildman–Crippen LogP) is 2.05. The van der Waals surface area contributed by atoms with Crippen LogP contribution in [0.2, 0.25) is 0 Å². The van der Waals surface area contributed by atoms with Crippen LogP contribution in [-0.2, 0) is 6.42 Å². The number of rotatable bonds is 5. The average Bonchev–Trinajstić information content (AvgIpc) is 2.17. The van der Waals surface area contributed by atoms with Gasteiger partial charge in [0.05, 0.1) is 6.10 Å². The number of alkyl halides is 3. The van der Waals surface area contributed by atoms with Crippen molar-refractivity contribution in [2.45, 2.75) is 18.9 Å². The Balaban J connectivity index is 2.55.